The van der Waals surface area contributed by atoms with Gasteiger partial charge in [0, 0.05) is 10.9 Å². The molecule has 4 heteroatoms. The lowest BCUT2D eigenvalue weighted by Gasteiger charge is -1.98. The van der Waals surface area contributed by atoms with Gasteiger partial charge in [0.15, 0.2) is 0 Å². The number of carbonyl (C=O) groups is 1. The smallest absolute Gasteiger partial charge is 0.371 e. The van der Waals surface area contributed by atoms with Gasteiger partial charge in [0.2, 0.25) is 5.76 Å². The molecular formula is C12H9BrO3. The summed E-state index contributed by atoms with van der Waals surface area (Å²) in [6.45, 7) is 0. The second kappa shape index (κ2) is 4.53. The molecule has 0 saturated carbocycles. The highest BCUT2D eigenvalue weighted by Crippen LogP contribution is 2.16. The van der Waals surface area contributed by atoms with Gasteiger partial charge in [-0.2, -0.15) is 0 Å². The first-order chi connectivity index (χ1) is 7.65. The van der Waals surface area contributed by atoms with Gasteiger partial charge in [-0.05, 0) is 29.8 Å². The van der Waals surface area contributed by atoms with E-state index in [1.165, 1.54) is 6.07 Å². The number of furan rings is 1. The van der Waals surface area contributed by atoms with Crippen molar-refractivity contribution in [3.8, 4) is 0 Å². The van der Waals surface area contributed by atoms with E-state index in [4.69, 9.17) is 9.52 Å². The van der Waals surface area contributed by atoms with Crippen molar-refractivity contribution >= 4 is 21.9 Å². The predicted molar refractivity (Wildman–Crippen MR) is 62.6 cm³/mol. The van der Waals surface area contributed by atoms with Gasteiger partial charge in [-0.3, -0.25) is 0 Å². The maximum atomic E-state index is 10.6. The largest absolute Gasteiger partial charge is 0.475 e. The molecule has 82 valence electrons. The molecule has 0 aliphatic heterocycles. The highest BCUT2D eigenvalue weighted by atomic mass is 79.9. The van der Waals surface area contributed by atoms with Crippen LogP contribution in [0.1, 0.15) is 21.9 Å². The average molecular weight is 281 g/mol. The fraction of sp³-hybridized carbons (Fsp3) is 0.0833. The fourth-order valence-corrected chi connectivity index (χ4v) is 1.66. The highest BCUT2D eigenvalue weighted by Gasteiger charge is 2.08. The molecule has 0 unspecified atom stereocenters. The van der Waals surface area contributed by atoms with Gasteiger partial charge in [0.1, 0.15) is 5.76 Å². The summed E-state index contributed by atoms with van der Waals surface area (Å²) in [6.07, 6.45) is 0.598. The SMILES string of the molecule is O=C(O)c1ccc(Cc2ccc(Br)cc2)o1. The molecule has 16 heavy (non-hydrogen) atoms. The van der Waals surface area contributed by atoms with E-state index < -0.39 is 5.97 Å². The van der Waals surface area contributed by atoms with Gasteiger partial charge >= 0.3 is 5.97 Å². The molecule has 0 radical (unpaired) electrons. The van der Waals surface area contributed by atoms with Gasteiger partial charge in [0.25, 0.3) is 0 Å². The zero-order valence-electron chi connectivity index (χ0n) is 8.31. The van der Waals surface area contributed by atoms with Crippen molar-refractivity contribution < 1.29 is 14.3 Å². The van der Waals surface area contributed by atoms with Crippen LogP contribution in [0, 0.1) is 0 Å². The summed E-state index contributed by atoms with van der Waals surface area (Å²) in [5.74, 6) is -0.408. The summed E-state index contributed by atoms with van der Waals surface area (Å²) in [5, 5.41) is 8.70. The molecule has 0 amide bonds. The van der Waals surface area contributed by atoms with Gasteiger partial charge in [-0.1, -0.05) is 28.1 Å². The summed E-state index contributed by atoms with van der Waals surface area (Å²) in [7, 11) is 0. The lowest BCUT2D eigenvalue weighted by atomic mass is 10.1. The minimum Gasteiger partial charge on any atom is -0.475 e. The van der Waals surface area contributed by atoms with E-state index in [0.29, 0.717) is 12.2 Å². The van der Waals surface area contributed by atoms with Crippen LogP contribution in [0.2, 0.25) is 0 Å². The van der Waals surface area contributed by atoms with Crippen LogP contribution in [-0.2, 0) is 6.42 Å². The Morgan fingerprint density at radius 1 is 1.19 bits per heavy atom. The zero-order chi connectivity index (χ0) is 11.5. The molecule has 0 bridgehead atoms. The van der Waals surface area contributed by atoms with E-state index in [-0.39, 0.29) is 5.76 Å². The Labute approximate surface area is 101 Å². The maximum absolute atomic E-state index is 10.6. The highest BCUT2D eigenvalue weighted by molar-refractivity contribution is 9.10. The molecule has 0 spiro atoms. The average Bonchev–Trinajstić information content (AvgIpc) is 2.70. The minimum atomic E-state index is -1.04. The number of carboxylic acid groups (broad SMARTS) is 1. The Morgan fingerprint density at radius 3 is 2.44 bits per heavy atom. The van der Waals surface area contributed by atoms with Gasteiger partial charge in [-0.25, -0.2) is 4.79 Å². The van der Waals surface area contributed by atoms with Crippen LogP contribution in [-0.4, -0.2) is 11.1 Å². The van der Waals surface area contributed by atoms with Gasteiger partial charge in [0.05, 0.1) is 0 Å². The van der Waals surface area contributed by atoms with Gasteiger partial charge in [-0.15, -0.1) is 0 Å². The van der Waals surface area contributed by atoms with E-state index in [9.17, 15) is 4.79 Å². The number of aromatic carboxylic acids is 1. The van der Waals surface area contributed by atoms with E-state index >= 15 is 0 Å². The standard InChI is InChI=1S/C12H9BrO3/c13-9-3-1-8(2-4-9)7-10-5-6-11(16-10)12(14)15/h1-6H,7H2,(H,14,15). The van der Waals surface area contributed by atoms with Crippen LogP contribution in [0.4, 0.5) is 0 Å². The van der Waals surface area contributed by atoms with Crippen LogP contribution in [0.25, 0.3) is 0 Å². The fourth-order valence-electron chi connectivity index (χ4n) is 1.39. The van der Waals surface area contributed by atoms with Crippen LogP contribution < -0.4 is 0 Å². The molecule has 0 fully saturated rings. The summed E-state index contributed by atoms with van der Waals surface area (Å²) in [5.41, 5.74) is 1.08. The van der Waals surface area contributed by atoms with Gasteiger partial charge < -0.3 is 9.52 Å². The summed E-state index contributed by atoms with van der Waals surface area (Å²) < 4.78 is 6.18. The molecule has 1 aromatic heterocycles. The van der Waals surface area contributed by atoms with Crippen molar-refractivity contribution in [2.75, 3.05) is 0 Å². The first-order valence-electron chi connectivity index (χ1n) is 4.71. The van der Waals surface area contributed by atoms with Crippen molar-refractivity contribution in [2.45, 2.75) is 6.42 Å². The Balaban J connectivity index is 2.14. The predicted octanol–water partition coefficient (Wildman–Crippen LogP) is 3.33. The zero-order valence-corrected chi connectivity index (χ0v) is 9.90. The Bertz CT molecular complexity index is 499. The molecule has 1 aromatic carbocycles. The number of benzene rings is 1. The van der Waals surface area contributed by atoms with Crippen molar-refractivity contribution in [2.24, 2.45) is 0 Å². The number of carboxylic acids is 1. The monoisotopic (exact) mass is 280 g/mol. The Morgan fingerprint density at radius 2 is 1.88 bits per heavy atom. The molecular weight excluding hydrogens is 272 g/mol. The molecule has 2 aromatic rings. The van der Waals surface area contributed by atoms with Crippen LogP contribution >= 0.6 is 15.9 Å². The van der Waals surface area contributed by atoms with Crippen LogP contribution in [0.15, 0.2) is 45.3 Å². The summed E-state index contributed by atoms with van der Waals surface area (Å²) in [6, 6.07) is 11.0. The topological polar surface area (TPSA) is 50.4 Å². The maximum Gasteiger partial charge on any atom is 0.371 e. The first-order valence-corrected chi connectivity index (χ1v) is 5.51. The van der Waals surface area contributed by atoms with Crippen LogP contribution in [0.3, 0.4) is 0 Å². The number of rotatable bonds is 3. The number of hydrogen-bond donors (Lipinski definition) is 1. The second-order valence-electron chi connectivity index (χ2n) is 3.37. The third-order valence-electron chi connectivity index (χ3n) is 2.16. The molecule has 3 nitrogen and oxygen atoms in total. The van der Waals surface area contributed by atoms with E-state index in [1.54, 1.807) is 6.07 Å². The molecule has 1 N–H and O–H groups in total. The third-order valence-corrected chi connectivity index (χ3v) is 2.69. The summed E-state index contributed by atoms with van der Waals surface area (Å²) >= 11 is 3.35. The normalized spacial score (nSPS) is 10.3. The van der Waals surface area contributed by atoms with Crippen molar-refractivity contribution in [1.82, 2.24) is 0 Å². The first kappa shape index (κ1) is 11.0. The Hall–Kier alpha value is -1.55. The van der Waals surface area contributed by atoms with Crippen molar-refractivity contribution in [1.29, 1.82) is 0 Å². The molecule has 0 aliphatic carbocycles. The molecule has 0 saturated heterocycles. The molecule has 2 rings (SSSR count). The second-order valence-corrected chi connectivity index (χ2v) is 4.29. The minimum absolute atomic E-state index is 0.0212. The summed E-state index contributed by atoms with van der Waals surface area (Å²) in [4.78, 5) is 10.6. The number of hydrogen-bond acceptors (Lipinski definition) is 2. The molecule has 1 heterocycles. The lowest BCUT2D eigenvalue weighted by Crippen LogP contribution is -1.92. The van der Waals surface area contributed by atoms with Crippen molar-refractivity contribution in [3.05, 3.63) is 58.0 Å². The van der Waals surface area contributed by atoms with Crippen LogP contribution in [0.5, 0.6) is 0 Å². The third kappa shape index (κ3) is 2.52. The van der Waals surface area contributed by atoms with E-state index in [0.717, 1.165) is 10.0 Å². The molecule has 0 aliphatic rings. The van der Waals surface area contributed by atoms with E-state index in [2.05, 4.69) is 15.9 Å². The Kier molecular flexibility index (Phi) is 3.10. The lowest BCUT2D eigenvalue weighted by molar-refractivity contribution is 0.0660. The molecule has 0 atom stereocenters. The van der Waals surface area contributed by atoms with E-state index in [1.807, 2.05) is 24.3 Å². The quantitative estimate of drug-likeness (QED) is 0.938. The van der Waals surface area contributed by atoms with Crippen molar-refractivity contribution in [3.63, 3.8) is 0 Å². The number of halogens is 1.